The third-order valence-corrected chi connectivity index (χ3v) is 6.04. The van der Waals surface area contributed by atoms with Gasteiger partial charge in [0.1, 0.15) is 29.3 Å². The molecule has 0 aliphatic carbocycles. The van der Waals surface area contributed by atoms with Gasteiger partial charge in [0.15, 0.2) is 0 Å². The van der Waals surface area contributed by atoms with Crippen molar-refractivity contribution in [3.05, 3.63) is 29.7 Å². The van der Waals surface area contributed by atoms with Gasteiger partial charge < -0.3 is 30.6 Å². The Labute approximate surface area is 205 Å². The molecule has 188 valence electrons. The summed E-state index contributed by atoms with van der Waals surface area (Å²) >= 11 is 0. The Morgan fingerprint density at radius 2 is 2.00 bits per heavy atom. The van der Waals surface area contributed by atoms with E-state index in [1.807, 2.05) is 19.0 Å². The van der Waals surface area contributed by atoms with Crippen LogP contribution in [0.3, 0.4) is 0 Å². The molecule has 3 rings (SSSR count). The van der Waals surface area contributed by atoms with E-state index in [1.54, 1.807) is 30.1 Å². The van der Waals surface area contributed by atoms with Crippen LogP contribution in [0, 0.1) is 11.3 Å². The first-order valence-electron chi connectivity index (χ1n) is 11.6. The summed E-state index contributed by atoms with van der Waals surface area (Å²) in [5.41, 5.74) is 8.76. The Morgan fingerprint density at radius 1 is 1.26 bits per heavy atom. The summed E-state index contributed by atoms with van der Waals surface area (Å²) in [7, 11) is 7.01. The van der Waals surface area contributed by atoms with E-state index in [9.17, 15) is 14.9 Å². The first-order chi connectivity index (χ1) is 16.7. The summed E-state index contributed by atoms with van der Waals surface area (Å²) in [6.07, 6.45) is 2.27. The van der Waals surface area contributed by atoms with E-state index in [1.165, 1.54) is 7.11 Å². The van der Waals surface area contributed by atoms with Crippen molar-refractivity contribution in [2.45, 2.75) is 37.8 Å². The molecule has 1 aromatic carbocycles. The molecular formula is C24H34N8O3. The van der Waals surface area contributed by atoms with Gasteiger partial charge in [-0.15, -0.1) is 0 Å². The molecule has 2 bridgehead atoms. The molecule has 1 aliphatic rings. The molecule has 2 atom stereocenters. The number of hydrogen-bond acceptors (Lipinski definition) is 8. The number of imidazole rings is 1. The Bertz CT molecular complexity index is 1090. The maximum atomic E-state index is 13.4. The van der Waals surface area contributed by atoms with Gasteiger partial charge in [-0.2, -0.15) is 5.26 Å². The minimum atomic E-state index is -0.611. The Balaban J connectivity index is 2.05. The number of rotatable bonds is 5. The molecule has 1 aliphatic heterocycles. The molecule has 5 N–H and O–H groups in total. The van der Waals surface area contributed by atoms with E-state index in [4.69, 9.17) is 10.5 Å². The van der Waals surface area contributed by atoms with Gasteiger partial charge in [0, 0.05) is 37.1 Å². The molecule has 0 saturated carbocycles. The number of ether oxygens (including phenoxy) is 1. The fraction of sp³-hybridized carbons (Fsp3) is 0.500. The number of methoxy groups -OCH3 is 1. The number of nitrogens with one attached hydrogen (secondary N) is 3. The first-order valence-corrected chi connectivity index (χ1v) is 11.6. The number of amides is 2. The van der Waals surface area contributed by atoms with Crippen LogP contribution in [-0.4, -0.2) is 79.2 Å². The van der Waals surface area contributed by atoms with Crippen molar-refractivity contribution in [3.8, 4) is 17.3 Å². The topological polar surface area (TPSA) is 152 Å². The number of aromatic amines is 1. The number of nitrogens with zero attached hydrogens (tertiary/aromatic N) is 4. The Morgan fingerprint density at radius 3 is 2.69 bits per heavy atom. The lowest BCUT2D eigenvalue weighted by Gasteiger charge is -2.27. The zero-order valence-corrected chi connectivity index (χ0v) is 20.7. The molecule has 11 nitrogen and oxygen atoms in total. The SMILES string of the molecule is COC(=O)Nc1ccc2c(c1)N[C@@H](C(=O)N(C)CCN(C)C)CCCC[C@H](N)c1nc-2c(C#N)[nH]1. The zero-order valence-electron chi connectivity index (χ0n) is 20.7. The normalized spacial score (nSPS) is 17.7. The second-order valence-corrected chi connectivity index (χ2v) is 8.99. The average molecular weight is 483 g/mol. The van der Waals surface area contributed by atoms with E-state index < -0.39 is 12.1 Å². The Hall–Kier alpha value is -3.62. The minimum Gasteiger partial charge on any atom is -0.453 e. The molecule has 2 heterocycles. The second kappa shape index (κ2) is 11.7. The number of hydrogen-bond donors (Lipinski definition) is 4. The van der Waals surface area contributed by atoms with Crippen molar-refractivity contribution in [2.24, 2.45) is 5.73 Å². The molecule has 0 fully saturated rings. The molecule has 0 unspecified atom stereocenters. The maximum absolute atomic E-state index is 13.4. The van der Waals surface area contributed by atoms with Gasteiger partial charge in [-0.1, -0.05) is 12.8 Å². The third kappa shape index (κ3) is 6.49. The summed E-state index contributed by atoms with van der Waals surface area (Å²) in [5.74, 6) is 0.518. The van der Waals surface area contributed by atoms with Gasteiger partial charge in [-0.3, -0.25) is 10.1 Å². The second-order valence-electron chi connectivity index (χ2n) is 8.99. The van der Waals surface area contributed by atoms with Crippen LogP contribution in [0.5, 0.6) is 0 Å². The number of benzene rings is 1. The number of anilines is 2. The quantitative estimate of drug-likeness (QED) is 0.507. The molecule has 2 amide bonds. The van der Waals surface area contributed by atoms with Crippen LogP contribution in [0.1, 0.15) is 43.2 Å². The average Bonchev–Trinajstić information content (AvgIpc) is 3.27. The highest BCUT2D eigenvalue weighted by atomic mass is 16.5. The Kier molecular flexibility index (Phi) is 8.68. The van der Waals surface area contributed by atoms with Crippen molar-refractivity contribution < 1.29 is 14.3 Å². The predicted octanol–water partition coefficient (Wildman–Crippen LogP) is 2.50. The number of carbonyl (C=O) groups is 2. The molecule has 11 heteroatoms. The third-order valence-electron chi connectivity index (χ3n) is 6.04. The summed E-state index contributed by atoms with van der Waals surface area (Å²) < 4.78 is 4.71. The number of likely N-dealkylation sites (N-methyl/N-ethyl adjacent to an activating group) is 2. The molecule has 0 saturated heterocycles. The van der Waals surface area contributed by atoms with Crippen LogP contribution in [0.25, 0.3) is 11.3 Å². The number of H-pyrrole nitrogens is 1. The van der Waals surface area contributed by atoms with Gasteiger partial charge in [0.05, 0.1) is 13.2 Å². The van der Waals surface area contributed by atoms with Crippen LogP contribution in [-0.2, 0) is 9.53 Å². The molecule has 1 aromatic heterocycles. The maximum Gasteiger partial charge on any atom is 0.411 e. The zero-order chi connectivity index (χ0) is 25.5. The number of nitrogens with two attached hydrogens (primary N) is 1. The lowest BCUT2D eigenvalue weighted by atomic mass is 10.0. The van der Waals surface area contributed by atoms with Crippen molar-refractivity contribution in [1.29, 1.82) is 5.26 Å². The van der Waals surface area contributed by atoms with E-state index in [2.05, 4.69) is 26.7 Å². The fourth-order valence-electron chi connectivity index (χ4n) is 3.98. The standard InChI is InChI=1S/C24H34N8O3/c1-31(2)11-12-32(3)23(33)18-8-6-5-7-17(26)22-29-20(14-25)21(30-22)16-10-9-15(13-19(16)28-18)27-24(34)35-4/h9-10,13,17-18,28H,5-8,11-12,26H2,1-4H3,(H,27,34)(H,29,30)/t17-,18+/m0/s1. The molecule has 0 radical (unpaired) electrons. The lowest BCUT2D eigenvalue weighted by Crippen LogP contribution is -2.43. The van der Waals surface area contributed by atoms with Crippen molar-refractivity contribution in [2.75, 3.05) is 52.0 Å². The number of nitriles is 1. The predicted molar refractivity (Wildman–Crippen MR) is 134 cm³/mol. The summed E-state index contributed by atoms with van der Waals surface area (Å²) in [6.45, 7) is 1.34. The van der Waals surface area contributed by atoms with Gasteiger partial charge >= 0.3 is 6.09 Å². The number of fused-ring (bicyclic) bond motifs is 4. The van der Waals surface area contributed by atoms with Crippen LogP contribution in [0.4, 0.5) is 16.2 Å². The molecule has 0 spiro atoms. The molecule has 2 aromatic rings. The smallest absolute Gasteiger partial charge is 0.411 e. The van der Waals surface area contributed by atoms with Gasteiger partial charge in [-0.05, 0) is 45.1 Å². The highest BCUT2D eigenvalue weighted by Gasteiger charge is 2.26. The first kappa shape index (κ1) is 26.0. The molecule has 35 heavy (non-hydrogen) atoms. The summed E-state index contributed by atoms with van der Waals surface area (Å²) in [6, 6.07) is 6.47. The minimum absolute atomic E-state index is 0.0336. The fourth-order valence-corrected chi connectivity index (χ4v) is 3.98. The van der Waals surface area contributed by atoms with E-state index in [0.29, 0.717) is 47.8 Å². The van der Waals surface area contributed by atoms with Crippen LogP contribution in [0.2, 0.25) is 0 Å². The molecular weight excluding hydrogens is 448 g/mol. The monoisotopic (exact) mass is 482 g/mol. The van der Waals surface area contributed by atoms with Crippen LogP contribution >= 0.6 is 0 Å². The van der Waals surface area contributed by atoms with Gasteiger partial charge in [-0.25, -0.2) is 9.78 Å². The number of aromatic nitrogens is 2. The van der Waals surface area contributed by atoms with Crippen molar-refractivity contribution >= 4 is 23.4 Å². The highest BCUT2D eigenvalue weighted by molar-refractivity contribution is 5.91. The largest absolute Gasteiger partial charge is 0.453 e. The van der Waals surface area contributed by atoms with E-state index in [-0.39, 0.29) is 17.6 Å². The lowest BCUT2D eigenvalue weighted by molar-refractivity contribution is -0.131. The summed E-state index contributed by atoms with van der Waals surface area (Å²) in [5, 5.41) is 15.8. The van der Waals surface area contributed by atoms with E-state index in [0.717, 1.165) is 19.4 Å². The van der Waals surface area contributed by atoms with Crippen LogP contribution < -0.4 is 16.4 Å². The van der Waals surface area contributed by atoms with Crippen molar-refractivity contribution in [1.82, 2.24) is 19.8 Å². The van der Waals surface area contributed by atoms with Gasteiger partial charge in [0.2, 0.25) is 5.91 Å². The van der Waals surface area contributed by atoms with E-state index >= 15 is 0 Å². The van der Waals surface area contributed by atoms with Gasteiger partial charge in [0.25, 0.3) is 0 Å². The highest BCUT2D eigenvalue weighted by Crippen LogP contribution is 2.34. The summed E-state index contributed by atoms with van der Waals surface area (Å²) in [4.78, 5) is 36.6. The van der Waals surface area contributed by atoms with Crippen molar-refractivity contribution in [3.63, 3.8) is 0 Å². The van der Waals surface area contributed by atoms with Crippen LogP contribution in [0.15, 0.2) is 18.2 Å². The number of carbonyl (C=O) groups excluding carboxylic acids is 2.